The van der Waals surface area contributed by atoms with Crippen molar-refractivity contribution in [1.29, 1.82) is 0 Å². The van der Waals surface area contributed by atoms with Crippen LogP contribution in [0.2, 0.25) is 0 Å². The molecule has 4 rings (SSSR count). The molecule has 0 atom stereocenters. The molecule has 294 valence electrons. The number of aliphatic hydroxyl groups is 2. The summed E-state index contributed by atoms with van der Waals surface area (Å²) in [5.74, 6) is -1.14. The van der Waals surface area contributed by atoms with Crippen molar-refractivity contribution in [2.75, 3.05) is 38.0 Å². The Balaban J connectivity index is 0.000000507. The standard InChI is InChI=1S/C26H29F7N4O4.C7H4ClNO4/c1-23(2,40)15-34-22(39)35-20-8-5-17(13-19(20)27)21(38)37-11-9-36(10-12-37)14-16-3-6-18(7-4-16)24(41,25(28,29)30)26(31,32)33;8-7(10)13-6-3-1-5(2-4-6)9(11)12/h3-8,13,40-41H,9-12,14-15H2,1-2H3,(H2,34,35,39);1-4H. The lowest BCUT2D eigenvalue weighted by Gasteiger charge is -2.35. The number of rotatable bonds is 9. The molecule has 0 bridgehead atoms. The first kappa shape index (κ1) is 43.4. The Bertz CT molecular complexity index is 1780. The average Bonchev–Trinajstić information content (AvgIpc) is 3.07. The lowest BCUT2D eigenvalue weighted by molar-refractivity contribution is -0.384. The van der Waals surface area contributed by atoms with Gasteiger partial charge in [0.2, 0.25) is 0 Å². The maximum absolute atomic E-state index is 14.5. The summed E-state index contributed by atoms with van der Waals surface area (Å²) >= 11 is 4.92. The smallest absolute Gasteiger partial charge is 0.414 e. The predicted octanol–water partition coefficient (Wildman–Crippen LogP) is 6.32. The minimum atomic E-state index is -5.97. The number of nitrogens with zero attached hydrogens (tertiary/aromatic N) is 3. The van der Waals surface area contributed by atoms with E-state index >= 15 is 0 Å². The summed E-state index contributed by atoms with van der Waals surface area (Å²) in [4.78, 5) is 48.0. The van der Waals surface area contributed by atoms with Crippen molar-refractivity contribution >= 4 is 40.3 Å². The third kappa shape index (κ3) is 11.7. The second-order valence-electron chi connectivity index (χ2n) is 12.4. The van der Waals surface area contributed by atoms with Gasteiger partial charge < -0.3 is 30.5 Å². The van der Waals surface area contributed by atoms with Crippen molar-refractivity contribution in [3.05, 3.63) is 99.4 Å². The van der Waals surface area contributed by atoms with Crippen LogP contribution < -0.4 is 15.4 Å². The number of benzene rings is 3. The van der Waals surface area contributed by atoms with E-state index in [1.54, 1.807) is 0 Å². The van der Waals surface area contributed by atoms with Crippen molar-refractivity contribution in [1.82, 2.24) is 15.1 Å². The molecule has 0 aliphatic carbocycles. The second kappa shape index (κ2) is 17.4. The summed E-state index contributed by atoms with van der Waals surface area (Å²) in [7, 11) is 0. The van der Waals surface area contributed by atoms with Gasteiger partial charge in [0.15, 0.2) is 0 Å². The van der Waals surface area contributed by atoms with Gasteiger partial charge in [0.1, 0.15) is 11.6 Å². The van der Waals surface area contributed by atoms with Crippen LogP contribution in [0, 0.1) is 15.9 Å². The molecule has 0 aromatic heterocycles. The highest BCUT2D eigenvalue weighted by molar-refractivity contribution is 6.61. The Hall–Kier alpha value is -5.05. The number of ether oxygens (including phenoxy) is 1. The van der Waals surface area contributed by atoms with Crippen molar-refractivity contribution in [2.45, 2.75) is 43.9 Å². The summed E-state index contributed by atoms with van der Waals surface area (Å²) in [6.45, 7) is 4.15. The topological polar surface area (TPSA) is 175 Å². The van der Waals surface area contributed by atoms with Crippen molar-refractivity contribution < 1.29 is 65.0 Å². The minimum Gasteiger partial charge on any atom is -0.414 e. The molecule has 21 heteroatoms. The van der Waals surface area contributed by atoms with E-state index in [-0.39, 0.29) is 48.9 Å². The zero-order chi connectivity index (χ0) is 40.6. The van der Waals surface area contributed by atoms with Gasteiger partial charge in [-0.1, -0.05) is 24.3 Å². The fourth-order valence-electron chi connectivity index (χ4n) is 4.83. The largest absolute Gasteiger partial charge is 0.430 e. The van der Waals surface area contributed by atoms with Crippen LogP contribution in [0.4, 0.5) is 51.7 Å². The molecule has 1 aliphatic heterocycles. The minimum absolute atomic E-state index is 0.0378. The zero-order valence-electron chi connectivity index (χ0n) is 28.3. The van der Waals surface area contributed by atoms with E-state index in [0.717, 1.165) is 18.2 Å². The number of non-ortho nitro benzene ring substituents is 1. The number of amides is 3. The molecule has 1 aliphatic rings. The number of anilines is 1. The van der Waals surface area contributed by atoms with E-state index in [4.69, 9.17) is 11.6 Å². The lowest BCUT2D eigenvalue weighted by Crippen LogP contribution is -2.53. The number of piperazine rings is 1. The highest BCUT2D eigenvalue weighted by Crippen LogP contribution is 2.50. The van der Waals surface area contributed by atoms with Gasteiger partial charge in [-0.3, -0.25) is 19.8 Å². The number of hydrogen-bond donors (Lipinski definition) is 4. The SMILES string of the molecule is CC(C)(O)CNC(=O)Nc1ccc(C(=O)N2CCN(Cc3ccc(C(O)(C(F)(F)F)C(F)(F)F)cc3)CC2)cc1F.O=C(Cl)Oc1ccc([N+](=O)[O-])cc1. The maximum atomic E-state index is 14.5. The first-order valence-electron chi connectivity index (χ1n) is 15.6. The van der Waals surface area contributed by atoms with Crippen LogP contribution in [0.15, 0.2) is 66.7 Å². The van der Waals surface area contributed by atoms with Crippen LogP contribution in [-0.2, 0) is 12.1 Å². The Morgan fingerprint density at radius 2 is 1.44 bits per heavy atom. The van der Waals surface area contributed by atoms with Crippen molar-refractivity contribution in [3.63, 3.8) is 0 Å². The summed E-state index contributed by atoms with van der Waals surface area (Å²) in [6, 6.07) is 11.1. The third-order valence-electron chi connectivity index (χ3n) is 7.65. The number of urea groups is 1. The van der Waals surface area contributed by atoms with E-state index in [1.165, 1.54) is 55.1 Å². The summed E-state index contributed by atoms with van der Waals surface area (Å²) in [5.41, 5.74) is -8.30. The molecular weight excluding hydrogens is 763 g/mol. The van der Waals surface area contributed by atoms with E-state index in [2.05, 4.69) is 15.4 Å². The van der Waals surface area contributed by atoms with Gasteiger partial charge in [-0.05, 0) is 49.7 Å². The lowest BCUT2D eigenvalue weighted by atomic mass is 9.91. The van der Waals surface area contributed by atoms with Gasteiger partial charge in [-0.25, -0.2) is 14.0 Å². The first-order chi connectivity index (χ1) is 24.9. The number of nitrogens with one attached hydrogen (secondary N) is 2. The summed E-state index contributed by atoms with van der Waals surface area (Å²) < 4.78 is 97.5. The Morgan fingerprint density at radius 1 is 0.889 bits per heavy atom. The molecule has 0 radical (unpaired) electrons. The van der Waals surface area contributed by atoms with Crippen LogP contribution in [0.1, 0.15) is 35.3 Å². The zero-order valence-corrected chi connectivity index (χ0v) is 29.1. The van der Waals surface area contributed by atoms with E-state index < -0.39 is 57.2 Å². The van der Waals surface area contributed by atoms with Crippen LogP contribution in [0.25, 0.3) is 0 Å². The second-order valence-corrected chi connectivity index (χ2v) is 12.7. The molecule has 0 unspecified atom stereocenters. The summed E-state index contributed by atoms with van der Waals surface area (Å²) in [5, 5.41) is 34.0. The van der Waals surface area contributed by atoms with Gasteiger partial charge in [0.25, 0.3) is 17.2 Å². The Labute approximate surface area is 307 Å². The van der Waals surface area contributed by atoms with Gasteiger partial charge in [-0.15, -0.1) is 0 Å². The normalized spacial score (nSPS) is 14.0. The van der Waals surface area contributed by atoms with Gasteiger partial charge in [0.05, 0.1) is 16.2 Å². The van der Waals surface area contributed by atoms with E-state index in [0.29, 0.717) is 30.8 Å². The molecule has 3 amide bonds. The maximum Gasteiger partial charge on any atom is 0.430 e. The number of carbonyl (C=O) groups excluding carboxylic acids is 3. The van der Waals surface area contributed by atoms with E-state index in [1.807, 2.05) is 4.90 Å². The Morgan fingerprint density at radius 3 is 1.91 bits per heavy atom. The van der Waals surface area contributed by atoms with Crippen LogP contribution in [-0.4, -0.2) is 93.0 Å². The average molecular weight is 796 g/mol. The van der Waals surface area contributed by atoms with Gasteiger partial charge >= 0.3 is 23.8 Å². The van der Waals surface area contributed by atoms with Crippen LogP contribution in [0.5, 0.6) is 5.75 Å². The fraction of sp³-hybridized carbons (Fsp3) is 0.364. The summed E-state index contributed by atoms with van der Waals surface area (Å²) in [6.07, 6.45) is -11.9. The number of nitro benzene ring substituents is 1. The van der Waals surface area contributed by atoms with Crippen LogP contribution in [0.3, 0.4) is 0 Å². The van der Waals surface area contributed by atoms with Crippen molar-refractivity contribution in [3.8, 4) is 5.75 Å². The number of halogens is 8. The molecule has 3 aromatic carbocycles. The molecule has 0 spiro atoms. The monoisotopic (exact) mass is 795 g/mol. The molecule has 0 saturated carbocycles. The molecule has 54 heavy (non-hydrogen) atoms. The van der Waals surface area contributed by atoms with E-state index in [9.17, 15) is 65.4 Å². The molecule has 4 N–H and O–H groups in total. The highest BCUT2D eigenvalue weighted by Gasteiger charge is 2.71. The van der Waals surface area contributed by atoms with Crippen molar-refractivity contribution in [2.24, 2.45) is 0 Å². The number of carbonyl (C=O) groups is 3. The highest BCUT2D eigenvalue weighted by atomic mass is 35.5. The van der Waals surface area contributed by atoms with Gasteiger partial charge in [-0.2, -0.15) is 26.3 Å². The van der Waals surface area contributed by atoms with Crippen LogP contribution >= 0.6 is 11.6 Å². The molecule has 1 heterocycles. The number of alkyl halides is 6. The molecule has 1 fully saturated rings. The Kier molecular flexibility index (Phi) is 14.0. The first-order valence-corrected chi connectivity index (χ1v) is 15.9. The third-order valence-corrected chi connectivity index (χ3v) is 7.73. The molecule has 3 aromatic rings. The molecular formula is C33H33ClF7N5O8. The van der Waals surface area contributed by atoms with Gasteiger partial charge in [0, 0.05) is 74.1 Å². The number of nitro groups is 1. The molecule has 13 nitrogen and oxygen atoms in total. The fourth-order valence-corrected chi connectivity index (χ4v) is 4.92. The predicted molar refractivity (Wildman–Crippen MR) is 178 cm³/mol. The number of hydrogen-bond acceptors (Lipinski definition) is 9. The quantitative estimate of drug-likeness (QED) is 0.0837. The molecule has 1 saturated heterocycles.